The van der Waals surface area contributed by atoms with Gasteiger partial charge in [-0.25, -0.2) is 9.97 Å². The van der Waals surface area contributed by atoms with Crippen LogP contribution in [0.15, 0.2) is 218 Å². The summed E-state index contributed by atoms with van der Waals surface area (Å²) < 4.78 is 0. The molecule has 0 unspecified atom stereocenters. The highest BCUT2D eigenvalue weighted by atomic mass is 14.9. The molecular weight excluding hydrogens is 653 g/mol. The Bertz CT molecular complexity index is 2670. The number of rotatable bonds is 8. The molecule has 0 saturated carbocycles. The summed E-state index contributed by atoms with van der Waals surface area (Å²) >= 11 is 0. The van der Waals surface area contributed by atoms with Crippen molar-refractivity contribution < 1.29 is 0 Å². The highest BCUT2D eigenvalue weighted by Crippen LogP contribution is 2.42. The number of hydrogen-bond donors (Lipinski definition) is 0. The van der Waals surface area contributed by atoms with E-state index in [-0.39, 0.29) is 0 Å². The molecule has 1 heterocycles. The van der Waals surface area contributed by atoms with Gasteiger partial charge in [0.05, 0.1) is 11.4 Å². The number of aromatic nitrogens is 2. The van der Waals surface area contributed by atoms with Crippen molar-refractivity contribution in [2.75, 3.05) is 0 Å². The molecule has 1 aromatic heterocycles. The van der Waals surface area contributed by atoms with E-state index in [9.17, 15) is 0 Å². The maximum atomic E-state index is 5.44. The average molecular weight is 689 g/mol. The zero-order chi connectivity index (χ0) is 36.1. The molecule has 0 atom stereocenters. The minimum atomic E-state index is 0.680. The Labute approximate surface area is 316 Å². The smallest absolute Gasteiger partial charge is 0.161 e. The maximum Gasteiger partial charge on any atom is 0.161 e. The number of benzene rings is 8. The van der Waals surface area contributed by atoms with E-state index in [1.54, 1.807) is 0 Å². The second-order valence-electron chi connectivity index (χ2n) is 13.4. The van der Waals surface area contributed by atoms with Crippen molar-refractivity contribution in [2.45, 2.75) is 0 Å². The van der Waals surface area contributed by atoms with Gasteiger partial charge in [0, 0.05) is 16.7 Å². The molecule has 9 aromatic rings. The molecule has 54 heavy (non-hydrogen) atoms. The molecular formula is C52H36N2. The van der Waals surface area contributed by atoms with Gasteiger partial charge in [0.1, 0.15) is 0 Å². The minimum Gasteiger partial charge on any atom is -0.228 e. The van der Waals surface area contributed by atoms with Crippen molar-refractivity contribution in [1.29, 1.82) is 0 Å². The van der Waals surface area contributed by atoms with Gasteiger partial charge < -0.3 is 0 Å². The summed E-state index contributed by atoms with van der Waals surface area (Å²) in [7, 11) is 0. The zero-order valence-corrected chi connectivity index (χ0v) is 29.7. The Balaban J connectivity index is 1.26. The van der Waals surface area contributed by atoms with Crippen LogP contribution in [0.4, 0.5) is 0 Å². The first kappa shape index (κ1) is 32.7. The molecule has 9 rings (SSSR count). The van der Waals surface area contributed by atoms with Gasteiger partial charge in [0.25, 0.3) is 0 Å². The van der Waals surface area contributed by atoms with E-state index in [1.165, 1.54) is 16.7 Å². The van der Waals surface area contributed by atoms with Crippen molar-refractivity contribution in [3.8, 4) is 89.5 Å². The maximum absolute atomic E-state index is 5.44. The largest absolute Gasteiger partial charge is 0.228 e. The van der Waals surface area contributed by atoms with E-state index in [1.807, 2.05) is 0 Å². The molecule has 0 N–H and O–H groups in total. The van der Waals surface area contributed by atoms with Crippen molar-refractivity contribution in [1.82, 2.24) is 9.97 Å². The lowest BCUT2D eigenvalue weighted by Gasteiger charge is -2.18. The molecule has 8 aromatic carbocycles. The van der Waals surface area contributed by atoms with Crippen LogP contribution in [0.25, 0.3) is 89.5 Å². The molecule has 0 aliphatic rings. The highest BCUT2D eigenvalue weighted by molar-refractivity contribution is 5.95. The average Bonchev–Trinajstić information content (AvgIpc) is 3.27. The van der Waals surface area contributed by atoms with E-state index in [2.05, 4.69) is 218 Å². The molecule has 0 saturated heterocycles. The van der Waals surface area contributed by atoms with Crippen molar-refractivity contribution in [3.63, 3.8) is 0 Å². The quantitative estimate of drug-likeness (QED) is 0.159. The van der Waals surface area contributed by atoms with Crippen LogP contribution in [0.1, 0.15) is 0 Å². The van der Waals surface area contributed by atoms with Gasteiger partial charge in [0.15, 0.2) is 5.82 Å². The monoisotopic (exact) mass is 688 g/mol. The first-order valence-electron chi connectivity index (χ1n) is 18.3. The van der Waals surface area contributed by atoms with Crippen molar-refractivity contribution in [3.05, 3.63) is 218 Å². The lowest BCUT2D eigenvalue weighted by atomic mass is 9.89. The number of nitrogens with zero attached hydrogens (tertiary/aromatic N) is 2. The second-order valence-corrected chi connectivity index (χ2v) is 13.4. The van der Waals surface area contributed by atoms with Crippen molar-refractivity contribution in [2.24, 2.45) is 0 Å². The Morgan fingerprint density at radius 1 is 0.222 bits per heavy atom. The van der Waals surface area contributed by atoms with Gasteiger partial charge >= 0.3 is 0 Å². The van der Waals surface area contributed by atoms with Crippen LogP contribution >= 0.6 is 0 Å². The third kappa shape index (κ3) is 6.65. The van der Waals surface area contributed by atoms with Crippen LogP contribution in [0.2, 0.25) is 0 Å². The standard InChI is InChI=1S/C52H36N2/c1-5-17-37(18-6-1)39-31-33-41(34-32-39)45-27-13-14-28-47(45)52-53-49(44-26-15-25-43(35-44)38-19-7-2-8-20-38)36-50(54-52)48-30-16-29-46(40-21-9-3-10-22-40)51(48)42-23-11-4-12-24-42/h1-36H. The van der Waals surface area contributed by atoms with Crippen LogP contribution in [0.3, 0.4) is 0 Å². The van der Waals surface area contributed by atoms with Gasteiger partial charge in [-0.2, -0.15) is 0 Å². The SMILES string of the molecule is c1ccc(-c2ccc(-c3ccccc3-c3nc(-c4cccc(-c5ccccc5)c4)cc(-c4cccc(-c5ccccc5)c4-c4ccccc4)n3)cc2)cc1. The van der Waals surface area contributed by atoms with Crippen LogP contribution in [0, 0.1) is 0 Å². The normalized spacial score (nSPS) is 11.0. The van der Waals surface area contributed by atoms with Crippen LogP contribution in [-0.2, 0) is 0 Å². The first-order valence-corrected chi connectivity index (χ1v) is 18.3. The predicted molar refractivity (Wildman–Crippen MR) is 226 cm³/mol. The molecule has 2 nitrogen and oxygen atoms in total. The third-order valence-corrected chi connectivity index (χ3v) is 9.95. The summed E-state index contributed by atoms with van der Waals surface area (Å²) in [6.45, 7) is 0. The van der Waals surface area contributed by atoms with E-state index in [0.29, 0.717) is 5.82 Å². The predicted octanol–water partition coefficient (Wildman–Crippen LogP) is 13.8. The Morgan fingerprint density at radius 3 is 1.30 bits per heavy atom. The fraction of sp³-hybridized carbons (Fsp3) is 0. The second kappa shape index (κ2) is 14.8. The first-order chi connectivity index (χ1) is 26.8. The fourth-order valence-corrected chi connectivity index (χ4v) is 7.28. The topological polar surface area (TPSA) is 25.8 Å². The van der Waals surface area contributed by atoms with Crippen LogP contribution in [-0.4, -0.2) is 9.97 Å². The zero-order valence-electron chi connectivity index (χ0n) is 29.7. The summed E-state index contributed by atoms with van der Waals surface area (Å²) in [6.07, 6.45) is 0. The fourth-order valence-electron chi connectivity index (χ4n) is 7.28. The number of hydrogen-bond acceptors (Lipinski definition) is 2. The minimum absolute atomic E-state index is 0.680. The summed E-state index contributed by atoms with van der Waals surface area (Å²) in [5, 5.41) is 0. The van der Waals surface area contributed by atoms with Crippen LogP contribution < -0.4 is 0 Å². The summed E-state index contributed by atoms with van der Waals surface area (Å²) in [6, 6.07) is 76.9. The Hall–Kier alpha value is -7.16. The molecule has 0 aliphatic carbocycles. The summed E-state index contributed by atoms with van der Waals surface area (Å²) in [5.74, 6) is 0.680. The van der Waals surface area contributed by atoms with Gasteiger partial charge in [-0.3, -0.25) is 0 Å². The molecule has 0 amide bonds. The van der Waals surface area contributed by atoms with Gasteiger partial charge in [-0.05, 0) is 67.8 Å². The van der Waals surface area contributed by atoms with Gasteiger partial charge in [0.2, 0.25) is 0 Å². The van der Waals surface area contributed by atoms with Gasteiger partial charge in [-0.15, -0.1) is 0 Å². The lowest BCUT2D eigenvalue weighted by Crippen LogP contribution is -1.99. The van der Waals surface area contributed by atoms with E-state index < -0.39 is 0 Å². The Kier molecular flexibility index (Phi) is 8.99. The van der Waals surface area contributed by atoms with E-state index in [0.717, 1.165) is 67.0 Å². The summed E-state index contributed by atoms with van der Waals surface area (Å²) in [4.78, 5) is 10.8. The third-order valence-electron chi connectivity index (χ3n) is 9.95. The van der Waals surface area contributed by atoms with Crippen LogP contribution in [0.5, 0.6) is 0 Å². The molecule has 0 spiro atoms. The molecule has 0 radical (unpaired) electrons. The van der Waals surface area contributed by atoms with E-state index in [4.69, 9.17) is 9.97 Å². The molecule has 0 bridgehead atoms. The van der Waals surface area contributed by atoms with Crippen molar-refractivity contribution >= 4 is 0 Å². The van der Waals surface area contributed by atoms with E-state index >= 15 is 0 Å². The lowest BCUT2D eigenvalue weighted by molar-refractivity contribution is 1.18. The Morgan fingerprint density at radius 2 is 0.630 bits per heavy atom. The molecule has 254 valence electrons. The highest BCUT2D eigenvalue weighted by Gasteiger charge is 2.19. The summed E-state index contributed by atoms with van der Waals surface area (Å²) in [5.41, 5.74) is 16.3. The molecule has 0 aliphatic heterocycles. The molecule has 2 heteroatoms. The van der Waals surface area contributed by atoms with Gasteiger partial charge in [-0.1, -0.05) is 206 Å². The molecule has 0 fully saturated rings.